The third-order valence-corrected chi connectivity index (χ3v) is 4.42. The zero-order valence-electron chi connectivity index (χ0n) is 9.33. The molecule has 0 aliphatic carbocycles. The molecule has 1 aromatic heterocycles. The molecule has 0 amide bonds. The molecule has 1 heterocycles. The molecule has 0 saturated carbocycles. The second-order valence-corrected chi connectivity index (χ2v) is 5.95. The minimum atomic E-state index is -0.0169. The molecule has 0 radical (unpaired) electrons. The van der Waals surface area contributed by atoms with Crippen molar-refractivity contribution in [1.82, 2.24) is 0 Å². The maximum absolute atomic E-state index is 6.24. The SMILES string of the molecule is Cc1cc(C(N)c2ccc(Br)c(C)c2)cs1. The molecule has 2 rings (SSSR count). The maximum atomic E-state index is 6.24. The molecule has 0 spiro atoms. The first kappa shape index (κ1) is 11.8. The molecule has 84 valence electrons. The zero-order valence-corrected chi connectivity index (χ0v) is 11.7. The van der Waals surface area contributed by atoms with Gasteiger partial charge in [-0.05, 0) is 48.1 Å². The van der Waals surface area contributed by atoms with Gasteiger partial charge in [-0.3, -0.25) is 0 Å². The van der Waals surface area contributed by atoms with Crippen molar-refractivity contribution in [2.75, 3.05) is 0 Å². The molecule has 2 N–H and O–H groups in total. The zero-order chi connectivity index (χ0) is 11.7. The summed E-state index contributed by atoms with van der Waals surface area (Å²) in [5.41, 5.74) is 9.83. The Morgan fingerprint density at radius 3 is 2.50 bits per heavy atom. The van der Waals surface area contributed by atoms with Crippen LogP contribution in [0.1, 0.15) is 27.6 Å². The summed E-state index contributed by atoms with van der Waals surface area (Å²) < 4.78 is 1.13. The Morgan fingerprint density at radius 1 is 1.19 bits per heavy atom. The molecule has 3 heteroatoms. The fourth-order valence-corrected chi connectivity index (χ4v) is 2.67. The molecule has 0 aliphatic heterocycles. The number of rotatable bonds is 2. The molecule has 1 atom stereocenters. The summed E-state index contributed by atoms with van der Waals surface area (Å²) >= 11 is 5.25. The first-order chi connectivity index (χ1) is 7.58. The van der Waals surface area contributed by atoms with E-state index >= 15 is 0 Å². The molecular formula is C13H14BrNS. The maximum Gasteiger partial charge on any atom is 0.0560 e. The topological polar surface area (TPSA) is 26.0 Å². The molecule has 0 aliphatic rings. The van der Waals surface area contributed by atoms with Crippen molar-refractivity contribution in [2.24, 2.45) is 5.73 Å². The van der Waals surface area contributed by atoms with Crippen LogP contribution in [0.2, 0.25) is 0 Å². The smallest absolute Gasteiger partial charge is 0.0560 e. The number of halogens is 1. The second-order valence-electron chi connectivity index (χ2n) is 3.98. The van der Waals surface area contributed by atoms with Gasteiger partial charge in [0.05, 0.1) is 6.04 Å². The van der Waals surface area contributed by atoms with Crippen LogP contribution < -0.4 is 5.73 Å². The Balaban J connectivity index is 2.33. The van der Waals surface area contributed by atoms with Crippen LogP contribution in [0.5, 0.6) is 0 Å². The van der Waals surface area contributed by atoms with E-state index in [2.05, 4.69) is 59.4 Å². The highest BCUT2D eigenvalue weighted by Crippen LogP contribution is 2.26. The van der Waals surface area contributed by atoms with Gasteiger partial charge in [0.15, 0.2) is 0 Å². The highest BCUT2D eigenvalue weighted by Gasteiger charge is 2.10. The van der Waals surface area contributed by atoms with Gasteiger partial charge in [-0.15, -0.1) is 11.3 Å². The van der Waals surface area contributed by atoms with Gasteiger partial charge in [0.1, 0.15) is 0 Å². The highest BCUT2D eigenvalue weighted by molar-refractivity contribution is 9.10. The third-order valence-electron chi connectivity index (χ3n) is 2.65. The van der Waals surface area contributed by atoms with Gasteiger partial charge in [-0.1, -0.05) is 28.1 Å². The largest absolute Gasteiger partial charge is 0.320 e. The monoisotopic (exact) mass is 295 g/mol. The number of thiophene rings is 1. The van der Waals surface area contributed by atoms with E-state index in [0.717, 1.165) is 4.47 Å². The van der Waals surface area contributed by atoms with E-state index in [-0.39, 0.29) is 6.04 Å². The summed E-state index contributed by atoms with van der Waals surface area (Å²) in [7, 11) is 0. The van der Waals surface area contributed by atoms with E-state index in [1.54, 1.807) is 11.3 Å². The average Bonchev–Trinajstić information content (AvgIpc) is 2.68. The lowest BCUT2D eigenvalue weighted by molar-refractivity contribution is 0.874. The Morgan fingerprint density at radius 2 is 1.94 bits per heavy atom. The Hall–Kier alpha value is -0.640. The molecule has 1 unspecified atom stereocenters. The molecule has 2 aromatic rings. The Labute approximate surface area is 108 Å². The van der Waals surface area contributed by atoms with Crippen LogP contribution in [0.4, 0.5) is 0 Å². The van der Waals surface area contributed by atoms with Gasteiger partial charge in [0.2, 0.25) is 0 Å². The van der Waals surface area contributed by atoms with Crippen molar-refractivity contribution in [3.8, 4) is 0 Å². The van der Waals surface area contributed by atoms with E-state index in [4.69, 9.17) is 5.73 Å². The summed E-state index contributed by atoms with van der Waals surface area (Å²) in [6.07, 6.45) is 0. The first-order valence-corrected chi connectivity index (χ1v) is 6.82. The Bertz CT molecular complexity index is 504. The van der Waals surface area contributed by atoms with Crippen molar-refractivity contribution >= 4 is 27.3 Å². The van der Waals surface area contributed by atoms with Crippen molar-refractivity contribution < 1.29 is 0 Å². The third kappa shape index (κ3) is 2.37. The fraction of sp³-hybridized carbons (Fsp3) is 0.231. The predicted molar refractivity (Wildman–Crippen MR) is 74.0 cm³/mol. The molecule has 16 heavy (non-hydrogen) atoms. The van der Waals surface area contributed by atoms with Gasteiger partial charge in [0, 0.05) is 9.35 Å². The standard InChI is InChI=1S/C13H14BrNS/c1-8-5-10(3-4-12(8)14)13(15)11-6-9(2)16-7-11/h3-7,13H,15H2,1-2H3. The van der Waals surface area contributed by atoms with Crippen LogP contribution in [0.25, 0.3) is 0 Å². The minimum absolute atomic E-state index is 0.0169. The van der Waals surface area contributed by atoms with Crippen LogP contribution in [-0.2, 0) is 0 Å². The van der Waals surface area contributed by atoms with E-state index in [9.17, 15) is 0 Å². The van der Waals surface area contributed by atoms with Gasteiger partial charge in [-0.2, -0.15) is 0 Å². The summed E-state index contributed by atoms with van der Waals surface area (Å²) in [4.78, 5) is 1.30. The second kappa shape index (κ2) is 4.70. The summed E-state index contributed by atoms with van der Waals surface area (Å²) in [6, 6.07) is 8.42. The lowest BCUT2D eigenvalue weighted by Crippen LogP contribution is -2.10. The lowest BCUT2D eigenvalue weighted by atomic mass is 10.0. The average molecular weight is 296 g/mol. The van der Waals surface area contributed by atoms with Crippen molar-refractivity contribution in [3.63, 3.8) is 0 Å². The number of hydrogen-bond acceptors (Lipinski definition) is 2. The van der Waals surface area contributed by atoms with Crippen LogP contribution >= 0.6 is 27.3 Å². The van der Waals surface area contributed by atoms with Gasteiger partial charge >= 0.3 is 0 Å². The van der Waals surface area contributed by atoms with Crippen LogP contribution in [0, 0.1) is 13.8 Å². The number of aryl methyl sites for hydroxylation is 2. The van der Waals surface area contributed by atoms with Crippen LogP contribution in [0.3, 0.4) is 0 Å². The molecule has 1 aromatic carbocycles. The highest BCUT2D eigenvalue weighted by atomic mass is 79.9. The van der Waals surface area contributed by atoms with E-state index in [0.29, 0.717) is 0 Å². The molecule has 0 bridgehead atoms. The minimum Gasteiger partial charge on any atom is -0.320 e. The molecule has 0 saturated heterocycles. The number of nitrogens with two attached hydrogens (primary N) is 1. The normalized spacial score (nSPS) is 12.8. The van der Waals surface area contributed by atoms with E-state index in [1.165, 1.54) is 21.6 Å². The first-order valence-electron chi connectivity index (χ1n) is 5.14. The predicted octanol–water partition coefficient (Wildman–Crippen LogP) is 4.18. The molecule has 1 nitrogen and oxygen atoms in total. The van der Waals surface area contributed by atoms with Crippen molar-refractivity contribution in [2.45, 2.75) is 19.9 Å². The van der Waals surface area contributed by atoms with Gasteiger partial charge in [-0.25, -0.2) is 0 Å². The number of benzene rings is 1. The summed E-state index contributed by atoms with van der Waals surface area (Å²) in [5.74, 6) is 0. The lowest BCUT2D eigenvalue weighted by Gasteiger charge is -2.11. The molecule has 0 fully saturated rings. The van der Waals surface area contributed by atoms with Gasteiger partial charge < -0.3 is 5.73 Å². The Kier molecular flexibility index (Phi) is 3.47. The van der Waals surface area contributed by atoms with E-state index < -0.39 is 0 Å². The number of hydrogen-bond donors (Lipinski definition) is 1. The molecular weight excluding hydrogens is 282 g/mol. The van der Waals surface area contributed by atoms with Gasteiger partial charge in [0.25, 0.3) is 0 Å². The summed E-state index contributed by atoms with van der Waals surface area (Å²) in [6.45, 7) is 4.19. The van der Waals surface area contributed by atoms with Crippen molar-refractivity contribution in [3.05, 3.63) is 55.7 Å². The summed E-state index contributed by atoms with van der Waals surface area (Å²) in [5, 5.41) is 2.14. The fourth-order valence-electron chi connectivity index (χ4n) is 1.68. The van der Waals surface area contributed by atoms with Crippen molar-refractivity contribution in [1.29, 1.82) is 0 Å². The van der Waals surface area contributed by atoms with E-state index in [1.807, 2.05) is 0 Å². The van der Waals surface area contributed by atoms with Crippen LogP contribution in [-0.4, -0.2) is 0 Å². The van der Waals surface area contributed by atoms with Crippen LogP contribution in [0.15, 0.2) is 34.1 Å². The quantitative estimate of drug-likeness (QED) is 0.884.